The van der Waals surface area contributed by atoms with Crippen LogP contribution in [0.3, 0.4) is 0 Å². The number of fused-ring (bicyclic) bond motifs is 1. The SMILES string of the molecule is CC(C)(C)OC(=O)NCC#Cc1ccc2c(c1)CN(C1CCC(=O)NC1=O)C2=O. The third-order valence-electron chi connectivity index (χ3n) is 4.48. The molecule has 1 aromatic carbocycles. The Morgan fingerprint density at radius 2 is 2.07 bits per heavy atom. The number of piperidine rings is 1. The van der Waals surface area contributed by atoms with Crippen LogP contribution in [0.1, 0.15) is 55.1 Å². The molecule has 2 N–H and O–H groups in total. The Bertz CT molecular complexity index is 936. The quantitative estimate of drug-likeness (QED) is 0.579. The predicted molar refractivity (Wildman–Crippen MR) is 104 cm³/mol. The number of nitrogens with one attached hydrogen (secondary N) is 2. The number of benzene rings is 1. The van der Waals surface area contributed by atoms with Gasteiger partial charge in [-0.2, -0.15) is 0 Å². The van der Waals surface area contributed by atoms with Crippen molar-refractivity contribution in [2.24, 2.45) is 0 Å². The number of carbonyl (C=O) groups excluding carboxylic acids is 4. The number of carbonyl (C=O) groups is 4. The van der Waals surface area contributed by atoms with Crippen LogP contribution < -0.4 is 10.6 Å². The lowest BCUT2D eigenvalue weighted by Gasteiger charge is -2.29. The molecule has 0 aromatic heterocycles. The molecular weight excluding hydrogens is 374 g/mol. The van der Waals surface area contributed by atoms with Gasteiger partial charge < -0.3 is 15.0 Å². The standard InChI is InChI=1S/C21H23N3O5/c1-21(2,3)29-20(28)22-10-4-5-13-6-7-15-14(11-13)12-24(19(15)27)16-8-9-17(25)23-18(16)26/h6-7,11,16H,8-10,12H2,1-3H3,(H,22,28)(H,23,25,26). The van der Waals surface area contributed by atoms with Crippen molar-refractivity contribution in [1.29, 1.82) is 0 Å². The van der Waals surface area contributed by atoms with Gasteiger partial charge in [0.25, 0.3) is 5.91 Å². The summed E-state index contributed by atoms with van der Waals surface area (Å²) in [6.07, 6.45) is 0.0110. The van der Waals surface area contributed by atoms with Gasteiger partial charge in [-0.1, -0.05) is 11.8 Å². The van der Waals surface area contributed by atoms with Gasteiger partial charge in [0.1, 0.15) is 11.6 Å². The molecule has 2 aliphatic heterocycles. The first-order valence-electron chi connectivity index (χ1n) is 9.37. The Hall–Kier alpha value is -3.34. The molecule has 0 saturated carbocycles. The molecule has 0 radical (unpaired) electrons. The molecule has 2 aliphatic rings. The summed E-state index contributed by atoms with van der Waals surface area (Å²) in [5, 5.41) is 4.84. The lowest BCUT2D eigenvalue weighted by atomic mass is 10.0. The highest BCUT2D eigenvalue weighted by molar-refractivity contribution is 6.05. The van der Waals surface area contributed by atoms with Crippen LogP contribution in [0.4, 0.5) is 4.79 Å². The smallest absolute Gasteiger partial charge is 0.408 e. The van der Waals surface area contributed by atoms with E-state index in [1.165, 1.54) is 4.90 Å². The second kappa shape index (κ2) is 7.95. The lowest BCUT2D eigenvalue weighted by Crippen LogP contribution is -2.52. The molecule has 1 aromatic rings. The minimum Gasteiger partial charge on any atom is -0.444 e. The summed E-state index contributed by atoms with van der Waals surface area (Å²) in [5.41, 5.74) is 1.45. The fourth-order valence-corrected chi connectivity index (χ4v) is 3.23. The number of alkyl carbamates (subject to hydrolysis) is 1. The Labute approximate surface area is 169 Å². The molecule has 0 spiro atoms. The van der Waals surface area contributed by atoms with E-state index in [1.807, 2.05) is 0 Å². The predicted octanol–water partition coefficient (Wildman–Crippen LogP) is 1.32. The van der Waals surface area contributed by atoms with Crippen LogP contribution >= 0.6 is 0 Å². The molecule has 8 nitrogen and oxygen atoms in total. The molecule has 0 bridgehead atoms. The topological polar surface area (TPSA) is 105 Å². The molecule has 3 rings (SSSR count). The van der Waals surface area contributed by atoms with Crippen molar-refractivity contribution >= 4 is 23.8 Å². The van der Waals surface area contributed by atoms with Gasteiger partial charge in [0.05, 0.1) is 6.54 Å². The van der Waals surface area contributed by atoms with Gasteiger partial charge >= 0.3 is 6.09 Å². The van der Waals surface area contributed by atoms with E-state index in [0.717, 1.165) is 5.56 Å². The molecule has 1 fully saturated rings. The zero-order chi connectivity index (χ0) is 21.2. The monoisotopic (exact) mass is 397 g/mol. The first-order chi connectivity index (χ1) is 13.6. The second-order valence-electron chi connectivity index (χ2n) is 7.93. The van der Waals surface area contributed by atoms with Crippen LogP contribution in [0.2, 0.25) is 0 Å². The maximum Gasteiger partial charge on any atom is 0.408 e. The summed E-state index contributed by atoms with van der Waals surface area (Å²) in [6.45, 7) is 5.77. The number of hydrogen-bond donors (Lipinski definition) is 2. The highest BCUT2D eigenvalue weighted by Crippen LogP contribution is 2.28. The number of imide groups is 1. The van der Waals surface area contributed by atoms with E-state index in [9.17, 15) is 19.2 Å². The molecule has 29 heavy (non-hydrogen) atoms. The summed E-state index contributed by atoms with van der Waals surface area (Å²) < 4.78 is 5.13. The van der Waals surface area contributed by atoms with Crippen LogP contribution in [0.15, 0.2) is 18.2 Å². The highest BCUT2D eigenvalue weighted by Gasteiger charge is 2.38. The van der Waals surface area contributed by atoms with Crippen molar-refractivity contribution in [3.63, 3.8) is 0 Å². The Morgan fingerprint density at radius 1 is 1.31 bits per heavy atom. The van der Waals surface area contributed by atoms with Crippen LogP contribution in [0.25, 0.3) is 0 Å². The summed E-state index contributed by atoms with van der Waals surface area (Å²) in [5.74, 6) is 4.82. The van der Waals surface area contributed by atoms with Crippen LogP contribution in [-0.4, -0.2) is 46.9 Å². The summed E-state index contributed by atoms with van der Waals surface area (Å²) >= 11 is 0. The first-order valence-corrected chi connectivity index (χ1v) is 9.37. The minimum atomic E-state index is -0.639. The molecule has 1 atom stereocenters. The molecule has 2 heterocycles. The van der Waals surface area contributed by atoms with Crippen molar-refractivity contribution in [1.82, 2.24) is 15.5 Å². The summed E-state index contributed by atoms with van der Waals surface area (Å²) in [6, 6.07) is 4.58. The van der Waals surface area contributed by atoms with Gasteiger partial charge in [0, 0.05) is 24.1 Å². The van der Waals surface area contributed by atoms with Gasteiger partial charge in [-0.3, -0.25) is 19.7 Å². The normalized spacial score (nSPS) is 18.5. The molecule has 152 valence electrons. The van der Waals surface area contributed by atoms with Crippen molar-refractivity contribution in [3.8, 4) is 11.8 Å². The van der Waals surface area contributed by atoms with E-state index in [-0.39, 0.29) is 24.8 Å². The Morgan fingerprint density at radius 3 is 2.76 bits per heavy atom. The summed E-state index contributed by atoms with van der Waals surface area (Å²) in [7, 11) is 0. The first kappa shape index (κ1) is 20.4. The molecule has 1 saturated heterocycles. The van der Waals surface area contributed by atoms with E-state index in [4.69, 9.17) is 4.74 Å². The number of ether oxygens (including phenoxy) is 1. The van der Waals surface area contributed by atoms with E-state index in [2.05, 4.69) is 22.5 Å². The zero-order valence-corrected chi connectivity index (χ0v) is 16.6. The number of nitrogens with zero attached hydrogens (tertiary/aromatic N) is 1. The zero-order valence-electron chi connectivity index (χ0n) is 16.6. The van der Waals surface area contributed by atoms with Gasteiger partial charge in [-0.25, -0.2) is 4.79 Å². The van der Waals surface area contributed by atoms with E-state index in [1.54, 1.807) is 39.0 Å². The van der Waals surface area contributed by atoms with Crippen molar-refractivity contribution in [2.45, 2.75) is 51.8 Å². The van der Waals surface area contributed by atoms with Gasteiger partial charge in [-0.05, 0) is 51.0 Å². The lowest BCUT2D eigenvalue weighted by molar-refractivity contribution is -0.136. The van der Waals surface area contributed by atoms with Crippen LogP contribution in [-0.2, 0) is 20.9 Å². The summed E-state index contributed by atoms with van der Waals surface area (Å²) in [4.78, 5) is 49.1. The maximum absolute atomic E-state index is 12.6. The maximum atomic E-state index is 12.6. The molecule has 0 aliphatic carbocycles. The molecule has 1 unspecified atom stereocenters. The number of amides is 4. The van der Waals surface area contributed by atoms with Gasteiger partial charge in [0.15, 0.2) is 0 Å². The number of hydrogen-bond acceptors (Lipinski definition) is 5. The van der Waals surface area contributed by atoms with Crippen molar-refractivity contribution in [2.75, 3.05) is 6.54 Å². The van der Waals surface area contributed by atoms with Crippen molar-refractivity contribution in [3.05, 3.63) is 34.9 Å². The fraction of sp³-hybridized carbons (Fsp3) is 0.429. The van der Waals surface area contributed by atoms with Gasteiger partial charge in [0.2, 0.25) is 11.8 Å². The largest absolute Gasteiger partial charge is 0.444 e. The Kier molecular flexibility index (Phi) is 5.59. The van der Waals surface area contributed by atoms with Crippen molar-refractivity contribution < 1.29 is 23.9 Å². The third-order valence-corrected chi connectivity index (χ3v) is 4.48. The second-order valence-corrected chi connectivity index (χ2v) is 7.93. The van der Waals surface area contributed by atoms with Crippen LogP contribution in [0, 0.1) is 11.8 Å². The Balaban J connectivity index is 1.62. The van der Waals surface area contributed by atoms with Crippen LogP contribution in [0.5, 0.6) is 0 Å². The average molecular weight is 397 g/mol. The molecule has 8 heteroatoms. The molecule has 4 amide bonds. The average Bonchev–Trinajstić information content (AvgIpc) is 2.93. The van der Waals surface area contributed by atoms with Gasteiger partial charge in [-0.15, -0.1) is 0 Å². The molecular formula is C21H23N3O5. The van der Waals surface area contributed by atoms with E-state index < -0.39 is 23.6 Å². The van der Waals surface area contributed by atoms with E-state index >= 15 is 0 Å². The third kappa shape index (κ3) is 4.93. The minimum absolute atomic E-state index is 0.132. The highest BCUT2D eigenvalue weighted by atomic mass is 16.6. The van der Waals surface area contributed by atoms with E-state index in [0.29, 0.717) is 24.1 Å². The number of rotatable bonds is 2. The fourth-order valence-electron chi connectivity index (χ4n) is 3.23.